The van der Waals surface area contributed by atoms with Gasteiger partial charge < -0.3 is 10.6 Å². The first-order valence-electron chi connectivity index (χ1n) is 7.97. The SMILES string of the molecule is CCC(CCCCNCC(C)C)CNCC(C)C. The summed E-state index contributed by atoms with van der Waals surface area (Å²) in [6.45, 7) is 16.1. The van der Waals surface area contributed by atoms with Crippen LogP contribution in [0.1, 0.15) is 60.3 Å². The van der Waals surface area contributed by atoms with Gasteiger partial charge in [-0.3, -0.25) is 0 Å². The van der Waals surface area contributed by atoms with Crippen molar-refractivity contribution >= 4 is 0 Å². The molecular formula is C16H36N2. The van der Waals surface area contributed by atoms with Gasteiger partial charge in [-0.05, 0) is 56.8 Å². The van der Waals surface area contributed by atoms with E-state index in [-0.39, 0.29) is 0 Å². The Labute approximate surface area is 115 Å². The third kappa shape index (κ3) is 12.4. The van der Waals surface area contributed by atoms with Crippen LogP contribution in [0, 0.1) is 17.8 Å². The van der Waals surface area contributed by atoms with E-state index in [0.717, 1.165) is 30.8 Å². The molecule has 18 heavy (non-hydrogen) atoms. The first-order chi connectivity index (χ1) is 8.56. The zero-order chi connectivity index (χ0) is 13.8. The van der Waals surface area contributed by atoms with Crippen molar-refractivity contribution in [2.24, 2.45) is 17.8 Å². The maximum atomic E-state index is 3.59. The summed E-state index contributed by atoms with van der Waals surface area (Å²) < 4.78 is 0. The van der Waals surface area contributed by atoms with E-state index < -0.39 is 0 Å². The van der Waals surface area contributed by atoms with Crippen LogP contribution >= 0.6 is 0 Å². The fraction of sp³-hybridized carbons (Fsp3) is 1.00. The Hall–Kier alpha value is -0.0800. The topological polar surface area (TPSA) is 24.1 Å². The second-order valence-corrected chi connectivity index (χ2v) is 6.42. The smallest absolute Gasteiger partial charge is 0.00205 e. The predicted octanol–water partition coefficient (Wildman–Crippen LogP) is 3.67. The molecule has 0 aliphatic carbocycles. The highest BCUT2D eigenvalue weighted by atomic mass is 14.9. The van der Waals surface area contributed by atoms with Crippen molar-refractivity contribution < 1.29 is 0 Å². The van der Waals surface area contributed by atoms with Crippen molar-refractivity contribution in [3.8, 4) is 0 Å². The molecule has 0 aromatic rings. The minimum Gasteiger partial charge on any atom is -0.316 e. The first kappa shape index (κ1) is 17.9. The molecule has 0 fully saturated rings. The lowest BCUT2D eigenvalue weighted by atomic mass is 9.99. The van der Waals surface area contributed by atoms with E-state index in [1.165, 1.54) is 38.8 Å². The van der Waals surface area contributed by atoms with Crippen molar-refractivity contribution in [3.63, 3.8) is 0 Å². The number of nitrogens with one attached hydrogen (secondary N) is 2. The monoisotopic (exact) mass is 256 g/mol. The van der Waals surface area contributed by atoms with Crippen LogP contribution in [0.4, 0.5) is 0 Å². The summed E-state index contributed by atoms with van der Waals surface area (Å²) in [5.41, 5.74) is 0. The van der Waals surface area contributed by atoms with Gasteiger partial charge in [-0.1, -0.05) is 47.5 Å². The van der Waals surface area contributed by atoms with E-state index in [1.54, 1.807) is 0 Å². The molecule has 0 saturated heterocycles. The summed E-state index contributed by atoms with van der Waals surface area (Å²) in [5.74, 6) is 2.41. The number of unbranched alkanes of at least 4 members (excludes halogenated alkanes) is 1. The summed E-state index contributed by atoms with van der Waals surface area (Å²) >= 11 is 0. The van der Waals surface area contributed by atoms with Gasteiger partial charge in [0.15, 0.2) is 0 Å². The van der Waals surface area contributed by atoms with Crippen LogP contribution < -0.4 is 10.6 Å². The average Bonchev–Trinajstić information content (AvgIpc) is 2.30. The Morgan fingerprint density at radius 2 is 1.39 bits per heavy atom. The van der Waals surface area contributed by atoms with Crippen LogP contribution in [-0.4, -0.2) is 26.2 Å². The third-order valence-electron chi connectivity index (χ3n) is 3.33. The molecule has 0 spiro atoms. The third-order valence-corrected chi connectivity index (χ3v) is 3.33. The zero-order valence-corrected chi connectivity index (χ0v) is 13.4. The summed E-state index contributed by atoms with van der Waals surface area (Å²) in [6, 6.07) is 0. The van der Waals surface area contributed by atoms with Crippen LogP contribution in [0.25, 0.3) is 0 Å². The predicted molar refractivity (Wildman–Crippen MR) is 83.0 cm³/mol. The van der Waals surface area contributed by atoms with Crippen LogP contribution in [0.2, 0.25) is 0 Å². The maximum absolute atomic E-state index is 3.59. The molecule has 0 aromatic heterocycles. The van der Waals surface area contributed by atoms with Gasteiger partial charge in [-0.15, -0.1) is 0 Å². The van der Waals surface area contributed by atoms with E-state index >= 15 is 0 Å². The van der Waals surface area contributed by atoms with Gasteiger partial charge in [-0.2, -0.15) is 0 Å². The normalized spacial score (nSPS) is 13.5. The summed E-state index contributed by atoms with van der Waals surface area (Å²) in [7, 11) is 0. The van der Waals surface area contributed by atoms with Gasteiger partial charge in [0, 0.05) is 0 Å². The first-order valence-corrected chi connectivity index (χ1v) is 7.97. The molecule has 0 rings (SSSR count). The molecule has 1 atom stereocenters. The number of hydrogen-bond acceptors (Lipinski definition) is 2. The van der Waals surface area contributed by atoms with Crippen molar-refractivity contribution in [3.05, 3.63) is 0 Å². The molecule has 0 amide bonds. The number of hydrogen-bond donors (Lipinski definition) is 2. The highest BCUT2D eigenvalue weighted by Crippen LogP contribution is 2.11. The van der Waals surface area contributed by atoms with Gasteiger partial charge in [-0.25, -0.2) is 0 Å². The van der Waals surface area contributed by atoms with E-state index in [0.29, 0.717) is 0 Å². The maximum Gasteiger partial charge on any atom is -0.00205 e. The Balaban J connectivity index is 3.38. The Morgan fingerprint density at radius 1 is 0.778 bits per heavy atom. The molecule has 0 saturated carbocycles. The fourth-order valence-corrected chi connectivity index (χ4v) is 2.10. The minimum absolute atomic E-state index is 0.766. The summed E-state index contributed by atoms with van der Waals surface area (Å²) in [6.07, 6.45) is 5.38. The zero-order valence-electron chi connectivity index (χ0n) is 13.4. The van der Waals surface area contributed by atoms with Gasteiger partial charge in [0.2, 0.25) is 0 Å². The lowest BCUT2D eigenvalue weighted by molar-refractivity contribution is 0.399. The molecule has 2 nitrogen and oxygen atoms in total. The summed E-state index contributed by atoms with van der Waals surface area (Å²) in [4.78, 5) is 0. The van der Waals surface area contributed by atoms with Gasteiger partial charge in [0.05, 0.1) is 0 Å². The Morgan fingerprint density at radius 3 is 1.94 bits per heavy atom. The van der Waals surface area contributed by atoms with Crippen molar-refractivity contribution in [2.75, 3.05) is 26.2 Å². The van der Waals surface area contributed by atoms with Crippen LogP contribution in [0.3, 0.4) is 0 Å². The van der Waals surface area contributed by atoms with Crippen LogP contribution in [0.5, 0.6) is 0 Å². The number of rotatable bonds is 12. The highest BCUT2D eigenvalue weighted by molar-refractivity contribution is 4.63. The van der Waals surface area contributed by atoms with E-state index in [4.69, 9.17) is 0 Å². The quantitative estimate of drug-likeness (QED) is 0.521. The molecule has 1 unspecified atom stereocenters. The highest BCUT2D eigenvalue weighted by Gasteiger charge is 2.05. The molecular weight excluding hydrogens is 220 g/mol. The molecule has 0 heterocycles. The minimum atomic E-state index is 0.766. The second kappa shape index (κ2) is 12.0. The molecule has 2 N–H and O–H groups in total. The summed E-state index contributed by atoms with van der Waals surface area (Å²) in [5, 5.41) is 7.11. The molecule has 0 aliphatic heterocycles. The van der Waals surface area contributed by atoms with Crippen molar-refractivity contribution in [1.29, 1.82) is 0 Å². The molecule has 0 bridgehead atoms. The molecule has 110 valence electrons. The standard InChI is InChI=1S/C16H36N2/c1-6-16(13-18-12-15(4)5)9-7-8-10-17-11-14(2)3/h14-18H,6-13H2,1-5H3. The fourth-order valence-electron chi connectivity index (χ4n) is 2.10. The van der Waals surface area contributed by atoms with E-state index in [1.807, 2.05) is 0 Å². The molecule has 0 aromatic carbocycles. The lowest BCUT2D eigenvalue weighted by Gasteiger charge is -2.16. The van der Waals surface area contributed by atoms with E-state index in [2.05, 4.69) is 45.3 Å². The van der Waals surface area contributed by atoms with Crippen LogP contribution in [0.15, 0.2) is 0 Å². The molecule has 0 radical (unpaired) electrons. The van der Waals surface area contributed by atoms with Crippen LogP contribution in [-0.2, 0) is 0 Å². The van der Waals surface area contributed by atoms with Gasteiger partial charge >= 0.3 is 0 Å². The van der Waals surface area contributed by atoms with Crippen molar-refractivity contribution in [2.45, 2.75) is 60.3 Å². The Kier molecular flexibility index (Phi) is 11.9. The molecule has 2 heteroatoms. The van der Waals surface area contributed by atoms with Gasteiger partial charge in [0.1, 0.15) is 0 Å². The largest absolute Gasteiger partial charge is 0.316 e. The van der Waals surface area contributed by atoms with Gasteiger partial charge in [0.25, 0.3) is 0 Å². The Bertz CT molecular complexity index is 166. The lowest BCUT2D eigenvalue weighted by Crippen LogP contribution is -2.26. The van der Waals surface area contributed by atoms with Crippen molar-refractivity contribution in [1.82, 2.24) is 10.6 Å². The second-order valence-electron chi connectivity index (χ2n) is 6.42. The van der Waals surface area contributed by atoms with E-state index in [9.17, 15) is 0 Å². The molecule has 0 aliphatic rings. The average molecular weight is 256 g/mol.